The maximum absolute atomic E-state index is 13.0. The molecule has 1 aliphatic heterocycles. The average Bonchev–Trinajstić information content (AvgIpc) is 2.78. The molecular weight excluding hydrogens is 408 g/mol. The summed E-state index contributed by atoms with van der Waals surface area (Å²) in [6, 6.07) is 13.8. The highest BCUT2D eigenvalue weighted by atomic mass is 32.2. The second kappa shape index (κ2) is 9.82. The Morgan fingerprint density at radius 3 is 2.30 bits per heavy atom. The first-order valence-corrected chi connectivity index (χ1v) is 11.2. The molecule has 9 heteroatoms. The lowest BCUT2D eigenvalue weighted by molar-refractivity contribution is -0.145. The van der Waals surface area contributed by atoms with E-state index in [0.29, 0.717) is 31.9 Å². The van der Waals surface area contributed by atoms with E-state index in [1.54, 1.807) is 14.0 Å². The van der Waals surface area contributed by atoms with E-state index in [4.69, 9.17) is 14.2 Å². The summed E-state index contributed by atoms with van der Waals surface area (Å²) in [4.78, 5) is 13.7. The minimum atomic E-state index is -3.61. The first-order chi connectivity index (χ1) is 14.5. The lowest BCUT2D eigenvalue weighted by Gasteiger charge is -2.35. The van der Waals surface area contributed by atoms with Gasteiger partial charge in [0.1, 0.15) is 11.5 Å². The van der Waals surface area contributed by atoms with Gasteiger partial charge < -0.3 is 19.1 Å². The number of piperazine rings is 1. The van der Waals surface area contributed by atoms with E-state index >= 15 is 0 Å². The molecule has 8 nitrogen and oxygen atoms in total. The van der Waals surface area contributed by atoms with E-state index in [2.05, 4.69) is 4.90 Å². The van der Waals surface area contributed by atoms with Crippen LogP contribution in [0.4, 0.5) is 5.69 Å². The van der Waals surface area contributed by atoms with Crippen molar-refractivity contribution in [2.24, 2.45) is 0 Å². The van der Waals surface area contributed by atoms with Crippen LogP contribution < -0.4 is 14.4 Å². The van der Waals surface area contributed by atoms with E-state index in [-0.39, 0.29) is 18.1 Å². The zero-order chi connectivity index (χ0) is 21.6. The third kappa shape index (κ3) is 5.03. The van der Waals surface area contributed by atoms with Crippen LogP contribution in [-0.4, -0.2) is 65.2 Å². The van der Waals surface area contributed by atoms with Crippen molar-refractivity contribution in [1.82, 2.24) is 4.31 Å². The van der Waals surface area contributed by atoms with Crippen LogP contribution in [-0.2, 0) is 19.6 Å². The van der Waals surface area contributed by atoms with Crippen LogP contribution in [0.15, 0.2) is 53.4 Å². The molecule has 162 valence electrons. The van der Waals surface area contributed by atoms with Gasteiger partial charge in [-0.3, -0.25) is 0 Å². The van der Waals surface area contributed by atoms with Crippen LogP contribution in [0.1, 0.15) is 6.92 Å². The molecule has 2 aromatic carbocycles. The molecule has 1 saturated heterocycles. The number of benzene rings is 2. The van der Waals surface area contributed by atoms with Crippen molar-refractivity contribution >= 4 is 21.7 Å². The summed E-state index contributed by atoms with van der Waals surface area (Å²) in [5, 5.41) is 0. The highest BCUT2D eigenvalue weighted by molar-refractivity contribution is 7.89. The van der Waals surface area contributed by atoms with Crippen molar-refractivity contribution in [3.63, 3.8) is 0 Å². The number of para-hydroxylation sites is 2. The van der Waals surface area contributed by atoms with Crippen molar-refractivity contribution < 1.29 is 27.4 Å². The van der Waals surface area contributed by atoms with E-state index in [1.165, 1.54) is 28.6 Å². The fourth-order valence-corrected chi connectivity index (χ4v) is 4.68. The summed E-state index contributed by atoms with van der Waals surface area (Å²) in [6.07, 6.45) is 0. The lowest BCUT2D eigenvalue weighted by Crippen LogP contribution is -2.48. The molecule has 0 amide bonds. The summed E-state index contributed by atoms with van der Waals surface area (Å²) >= 11 is 0. The highest BCUT2D eigenvalue weighted by Gasteiger charge is 2.29. The average molecular weight is 435 g/mol. The van der Waals surface area contributed by atoms with Crippen LogP contribution in [0.5, 0.6) is 11.5 Å². The number of hydrogen-bond acceptors (Lipinski definition) is 7. The molecular formula is C21H26N2O6S. The van der Waals surface area contributed by atoms with E-state index in [1.807, 2.05) is 24.3 Å². The molecule has 0 saturated carbocycles. The number of ether oxygens (including phenoxy) is 3. The number of carbonyl (C=O) groups excluding carboxylic acids is 1. The first kappa shape index (κ1) is 21.9. The number of methoxy groups -OCH3 is 1. The molecule has 0 N–H and O–H groups in total. The summed E-state index contributed by atoms with van der Waals surface area (Å²) < 4.78 is 43.0. The predicted molar refractivity (Wildman–Crippen MR) is 113 cm³/mol. The van der Waals surface area contributed by atoms with E-state index < -0.39 is 16.0 Å². The van der Waals surface area contributed by atoms with Gasteiger partial charge in [0.05, 0.1) is 24.3 Å². The second-order valence-electron chi connectivity index (χ2n) is 6.63. The Kier molecular flexibility index (Phi) is 7.17. The topological polar surface area (TPSA) is 85.4 Å². The molecule has 1 heterocycles. The Labute approximate surface area is 177 Å². The summed E-state index contributed by atoms with van der Waals surface area (Å²) in [6.45, 7) is 3.67. The van der Waals surface area contributed by atoms with E-state index in [9.17, 15) is 13.2 Å². The van der Waals surface area contributed by atoms with Gasteiger partial charge >= 0.3 is 5.97 Å². The lowest BCUT2D eigenvalue weighted by atomic mass is 10.2. The Bertz CT molecular complexity index is 954. The zero-order valence-corrected chi connectivity index (χ0v) is 17.9. The number of anilines is 1. The Hall–Kier alpha value is -2.78. The molecule has 0 unspecified atom stereocenters. The predicted octanol–water partition coefficient (Wildman–Crippen LogP) is 2.15. The van der Waals surface area contributed by atoms with Gasteiger partial charge in [0, 0.05) is 26.2 Å². The van der Waals surface area contributed by atoms with Crippen molar-refractivity contribution in [3.05, 3.63) is 48.5 Å². The van der Waals surface area contributed by atoms with Crippen LogP contribution in [0.2, 0.25) is 0 Å². The van der Waals surface area contributed by atoms with Crippen LogP contribution in [0.3, 0.4) is 0 Å². The second-order valence-corrected chi connectivity index (χ2v) is 8.57. The molecule has 1 fully saturated rings. The maximum atomic E-state index is 13.0. The third-order valence-electron chi connectivity index (χ3n) is 4.79. The number of rotatable bonds is 8. The van der Waals surface area contributed by atoms with Crippen molar-refractivity contribution in [2.75, 3.05) is 51.4 Å². The Morgan fingerprint density at radius 1 is 1.00 bits per heavy atom. The minimum Gasteiger partial charge on any atom is -0.495 e. The third-order valence-corrected chi connectivity index (χ3v) is 6.70. The zero-order valence-electron chi connectivity index (χ0n) is 17.1. The Balaban J connectivity index is 1.62. The monoisotopic (exact) mass is 434 g/mol. The molecule has 0 aliphatic carbocycles. The molecule has 0 bridgehead atoms. The quantitative estimate of drug-likeness (QED) is 0.589. The number of sulfonamides is 1. The number of carbonyl (C=O) groups is 1. The standard InChI is InChI=1S/C21H26N2O6S/c1-3-28-21(24)16-29-17-8-10-18(11-9-17)30(25,26)23-14-12-22(13-15-23)19-6-4-5-7-20(19)27-2/h4-11H,3,12-16H2,1-2H3. The van der Waals surface area contributed by atoms with Gasteiger partial charge in [-0.15, -0.1) is 0 Å². The fourth-order valence-electron chi connectivity index (χ4n) is 3.26. The molecule has 30 heavy (non-hydrogen) atoms. The number of esters is 1. The van der Waals surface area contributed by atoms with Gasteiger partial charge in [0.2, 0.25) is 10.0 Å². The summed E-state index contributed by atoms with van der Waals surface area (Å²) in [5.41, 5.74) is 0.958. The van der Waals surface area contributed by atoms with Crippen molar-refractivity contribution in [2.45, 2.75) is 11.8 Å². The number of hydrogen-bond donors (Lipinski definition) is 0. The maximum Gasteiger partial charge on any atom is 0.344 e. The van der Waals surface area contributed by atoms with Gasteiger partial charge in [-0.05, 0) is 43.3 Å². The van der Waals surface area contributed by atoms with Crippen LogP contribution in [0.25, 0.3) is 0 Å². The first-order valence-electron chi connectivity index (χ1n) is 9.72. The largest absolute Gasteiger partial charge is 0.495 e. The SMILES string of the molecule is CCOC(=O)COc1ccc(S(=O)(=O)N2CCN(c3ccccc3OC)CC2)cc1. The van der Waals surface area contributed by atoms with Gasteiger partial charge in [-0.2, -0.15) is 4.31 Å². The molecule has 0 atom stereocenters. The molecule has 1 aliphatic rings. The highest BCUT2D eigenvalue weighted by Crippen LogP contribution is 2.29. The summed E-state index contributed by atoms with van der Waals surface area (Å²) in [7, 11) is -1.99. The van der Waals surface area contributed by atoms with Gasteiger partial charge in [-0.25, -0.2) is 13.2 Å². The molecule has 0 aromatic heterocycles. The number of nitrogens with zero attached hydrogens (tertiary/aromatic N) is 2. The van der Waals surface area contributed by atoms with Crippen molar-refractivity contribution in [1.29, 1.82) is 0 Å². The fraction of sp³-hybridized carbons (Fsp3) is 0.381. The molecule has 2 aromatic rings. The van der Waals surface area contributed by atoms with Crippen LogP contribution >= 0.6 is 0 Å². The molecule has 3 rings (SSSR count). The van der Waals surface area contributed by atoms with Crippen molar-refractivity contribution in [3.8, 4) is 11.5 Å². The minimum absolute atomic E-state index is 0.191. The van der Waals surface area contributed by atoms with Gasteiger partial charge in [0.15, 0.2) is 6.61 Å². The van der Waals surface area contributed by atoms with Gasteiger partial charge in [-0.1, -0.05) is 12.1 Å². The molecule has 0 spiro atoms. The van der Waals surface area contributed by atoms with E-state index in [0.717, 1.165) is 11.4 Å². The smallest absolute Gasteiger partial charge is 0.344 e. The Morgan fingerprint density at radius 2 is 1.67 bits per heavy atom. The van der Waals surface area contributed by atoms with Gasteiger partial charge in [0.25, 0.3) is 0 Å². The normalized spacial score (nSPS) is 14.9. The van der Waals surface area contributed by atoms with Crippen LogP contribution in [0, 0.1) is 0 Å². The summed E-state index contributed by atoms with van der Waals surface area (Å²) in [5.74, 6) is 0.706. The molecule has 0 radical (unpaired) electrons.